The molecule has 0 unspecified atom stereocenters. The Hall–Kier alpha value is -7.04. The van der Waals surface area contributed by atoms with Gasteiger partial charge in [-0.15, -0.1) is 0 Å². The third-order valence-corrected chi connectivity index (χ3v) is 18.1. The summed E-state index contributed by atoms with van der Waals surface area (Å²) < 4.78 is 11.8. The van der Waals surface area contributed by atoms with E-state index in [-0.39, 0.29) is 16.8 Å². The summed E-state index contributed by atoms with van der Waals surface area (Å²) in [7, 11) is -3.13. The maximum absolute atomic E-state index is 5.22. The van der Waals surface area contributed by atoms with Crippen LogP contribution < -0.4 is 0 Å². The van der Waals surface area contributed by atoms with Crippen molar-refractivity contribution in [2.75, 3.05) is 0 Å². The Kier molecular flexibility index (Phi) is 26.6. The summed E-state index contributed by atoms with van der Waals surface area (Å²) in [6.07, 6.45) is 5.07. The van der Waals surface area contributed by atoms with Gasteiger partial charge >= 0.3 is 31.0 Å². The van der Waals surface area contributed by atoms with Gasteiger partial charge in [0.05, 0.1) is 34.2 Å². The zero-order valence-electron chi connectivity index (χ0n) is 56.1. The average molecular weight is 1430 g/mol. The molecule has 0 fully saturated rings. The number of hydrogen-bond acceptors (Lipinski definition) is 6. The quantitative estimate of drug-likeness (QED) is 0.0626. The fourth-order valence-electron chi connectivity index (χ4n) is 13.2. The molecule has 0 saturated heterocycles. The van der Waals surface area contributed by atoms with E-state index in [0.717, 1.165) is 107 Å². The molecule has 95 heavy (non-hydrogen) atoms. The number of aromatic nitrogens is 12. The zero-order chi connectivity index (χ0) is 67.3. The van der Waals surface area contributed by atoms with E-state index in [9.17, 15) is 0 Å². The molecule has 0 N–H and O–H groups in total. The van der Waals surface area contributed by atoms with Crippen LogP contribution >= 0.6 is 69.6 Å². The van der Waals surface area contributed by atoms with Gasteiger partial charge in [0, 0.05) is 38.5 Å². The van der Waals surface area contributed by atoms with Crippen molar-refractivity contribution in [1.82, 2.24) is 58.1 Å². The van der Waals surface area contributed by atoms with Crippen LogP contribution in [0.5, 0.6) is 0 Å². The second-order valence-electron chi connectivity index (χ2n) is 24.2. The van der Waals surface area contributed by atoms with Gasteiger partial charge in [-0.1, -0.05) is 252 Å². The van der Waals surface area contributed by atoms with E-state index in [4.69, 9.17) is 100 Å². The first-order chi connectivity index (χ1) is 45.1. The Morgan fingerprint density at radius 1 is 0.242 bits per heavy atom. The molecule has 1 radical (unpaired) electrons. The first-order valence-corrected chi connectivity index (χ1v) is 34.4. The number of halogens is 6. The molecule has 6 aromatic carbocycles. The minimum Gasteiger partial charge on any atom is -0.400 e. The fraction of sp³-hybridized carbons (Fsp3) is 0.270. The number of aryl methyl sites for hydroxylation is 6. The van der Waals surface area contributed by atoms with Crippen molar-refractivity contribution in [2.24, 2.45) is 0 Å². The molecular weight excluding hydrogens is 1350 g/mol. The van der Waals surface area contributed by atoms with Gasteiger partial charge in [0.15, 0.2) is 8.59 Å². The number of nitrogens with zero attached hydrogens (tertiary/aromatic N) is 12. The van der Waals surface area contributed by atoms with E-state index in [0.29, 0.717) is 0 Å². The SMILES string of the molecule is Cc1nn([BH-](n2nc(C)c(Cc3ccccc3)c2C)n2nc(C)c(Cc3ccccc3)c2C)c(C)c1Cc1ccccc1.Cc1nn([BH-](n2nc(C)c(Cc3ccccc3)c2C)n2nc(C)c(Cc3ccccc3)c2C)c(C)c1Cc1ccccc1.ClC(Cl)Cl.ClC(Cl)Cl.[Co+2]. The first kappa shape index (κ1) is 73.8. The Bertz CT molecular complexity index is 3680. The molecule has 0 saturated carbocycles. The van der Waals surface area contributed by atoms with Crippen LogP contribution in [0, 0.1) is 83.1 Å². The molecule has 12 rings (SSSR count). The first-order valence-electron chi connectivity index (χ1n) is 31.8. The summed E-state index contributed by atoms with van der Waals surface area (Å²) in [5.41, 5.74) is 28.6. The van der Waals surface area contributed by atoms with Gasteiger partial charge in [-0.2, -0.15) is 0 Å². The second-order valence-corrected chi connectivity index (χ2v) is 28.2. The normalized spacial score (nSPS) is 11.2. The molecule has 12 nitrogen and oxygen atoms in total. The maximum atomic E-state index is 5.22. The predicted octanol–water partition coefficient (Wildman–Crippen LogP) is 17.1. The molecule has 0 aliphatic carbocycles. The topological polar surface area (TPSA) is 107 Å². The van der Waals surface area contributed by atoms with Gasteiger partial charge in [-0.25, -0.2) is 30.6 Å². The minimum absolute atomic E-state index is 0. The molecule has 0 amide bonds. The van der Waals surface area contributed by atoms with Crippen molar-refractivity contribution in [3.63, 3.8) is 0 Å². The van der Waals surface area contributed by atoms with Crippen molar-refractivity contribution in [3.8, 4) is 0 Å². The smallest absolute Gasteiger partial charge is 0.400 e. The maximum Gasteiger partial charge on any atom is 2.00 e. The number of alkyl halides is 6. The van der Waals surface area contributed by atoms with Gasteiger partial charge in [0.2, 0.25) is 0 Å². The van der Waals surface area contributed by atoms with Crippen LogP contribution in [0.15, 0.2) is 182 Å². The van der Waals surface area contributed by atoms with Crippen molar-refractivity contribution in [3.05, 3.63) is 317 Å². The fourth-order valence-corrected chi connectivity index (χ4v) is 13.2. The van der Waals surface area contributed by atoms with Gasteiger partial charge < -0.3 is 27.6 Å². The van der Waals surface area contributed by atoms with E-state index in [2.05, 4.69) is 293 Å². The van der Waals surface area contributed by atoms with E-state index in [1.54, 1.807) is 0 Å². The van der Waals surface area contributed by atoms with Crippen LogP contribution in [0.4, 0.5) is 0 Å². The molecule has 0 aliphatic heterocycles. The summed E-state index contributed by atoms with van der Waals surface area (Å²) in [6.45, 7) is 26.0. The molecule has 12 aromatic rings. The molecule has 6 aromatic heterocycles. The molecule has 0 atom stereocenters. The van der Waals surface area contributed by atoms with Crippen molar-refractivity contribution in [1.29, 1.82) is 0 Å². The Balaban J connectivity index is 0.000000217. The molecule has 0 aliphatic rings. The molecule has 6 heterocycles. The predicted molar refractivity (Wildman–Crippen MR) is 395 cm³/mol. The molecule has 0 spiro atoms. The summed E-state index contributed by atoms with van der Waals surface area (Å²) in [6, 6.07) is 63.9. The Morgan fingerprint density at radius 2 is 0.358 bits per heavy atom. The largest absolute Gasteiger partial charge is 2.00 e. The van der Waals surface area contributed by atoms with Crippen molar-refractivity contribution >= 4 is 83.8 Å². The van der Waals surface area contributed by atoms with Crippen molar-refractivity contribution < 1.29 is 16.8 Å². The summed E-state index contributed by atoms with van der Waals surface area (Å²) in [5, 5.41) is 31.3. The van der Waals surface area contributed by atoms with Gasteiger partial charge in [-0.05, 0) is 184 Å². The zero-order valence-corrected chi connectivity index (χ0v) is 61.7. The van der Waals surface area contributed by atoms with Crippen molar-refractivity contribution in [2.45, 2.75) is 130 Å². The Morgan fingerprint density at radius 3 is 0.474 bits per heavy atom. The monoisotopic (exact) mass is 1430 g/mol. The summed E-state index contributed by atoms with van der Waals surface area (Å²) in [4.78, 5) is 0. The molecule has 21 heteroatoms. The summed E-state index contributed by atoms with van der Waals surface area (Å²) >= 11 is 28.8. The molecule has 0 bridgehead atoms. The molecular formula is C74H82B2Cl6CoN12. The number of rotatable bonds is 18. The Labute approximate surface area is 601 Å². The average Bonchev–Trinajstić information content (AvgIpc) is 1.61. The summed E-state index contributed by atoms with van der Waals surface area (Å²) in [5.74, 6) is 0. The van der Waals surface area contributed by atoms with Gasteiger partial charge in [-0.3, -0.25) is 0 Å². The van der Waals surface area contributed by atoms with Crippen LogP contribution in [0.25, 0.3) is 0 Å². The van der Waals surface area contributed by atoms with E-state index < -0.39 is 22.8 Å². The van der Waals surface area contributed by atoms with Crippen LogP contribution in [0.3, 0.4) is 0 Å². The third-order valence-electron chi connectivity index (χ3n) is 18.1. The number of hydrogen-bond donors (Lipinski definition) is 0. The van der Waals surface area contributed by atoms with Gasteiger partial charge in [0.25, 0.3) is 0 Å². The molecule has 495 valence electrons. The van der Waals surface area contributed by atoms with Crippen LogP contribution in [-0.4, -0.2) is 81.0 Å². The minimum atomic E-state index is -1.57. The van der Waals surface area contributed by atoms with Crippen LogP contribution in [-0.2, 0) is 55.3 Å². The second kappa shape index (κ2) is 34.3. The van der Waals surface area contributed by atoms with Gasteiger partial charge in [0.1, 0.15) is 0 Å². The standard InChI is InChI=1S/2C36H40BN6.2CHCl3.Co/c2*1-25-34(22-31-16-10-7-11-17-31)28(4)41(38-25)37(42-29(5)35(26(2)39-42)23-32-18-12-8-13-19-32)43-30(6)36(27(3)40-43)24-33-20-14-9-15-21-33;2*2-1(3)4;/h2*7-21,37H,22-24H2,1-6H3;2*1H;/q2*-1;;;+2. The van der Waals surface area contributed by atoms with E-state index in [1.165, 1.54) is 66.8 Å². The van der Waals surface area contributed by atoms with Crippen LogP contribution in [0.1, 0.15) is 135 Å². The third kappa shape index (κ3) is 18.3. The van der Waals surface area contributed by atoms with E-state index in [1.807, 2.05) is 0 Å². The number of benzene rings is 6. The van der Waals surface area contributed by atoms with Crippen LogP contribution in [0.2, 0.25) is 0 Å². The van der Waals surface area contributed by atoms with E-state index >= 15 is 0 Å².